The van der Waals surface area contributed by atoms with Gasteiger partial charge in [-0.2, -0.15) is 0 Å². The number of benzene rings is 2. The second-order valence-electron chi connectivity index (χ2n) is 8.52. The molecule has 3 aromatic rings. The van der Waals surface area contributed by atoms with Crippen molar-refractivity contribution in [3.8, 4) is 0 Å². The topological polar surface area (TPSA) is 49.4 Å². The predicted octanol–water partition coefficient (Wildman–Crippen LogP) is 5.54. The van der Waals surface area contributed by atoms with E-state index in [9.17, 15) is 9.59 Å². The lowest BCUT2D eigenvalue weighted by Gasteiger charge is -2.32. The highest BCUT2D eigenvalue weighted by atomic mass is 32.1. The van der Waals surface area contributed by atoms with Crippen LogP contribution in [-0.4, -0.2) is 29.3 Å². The molecule has 166 valence electrons. The number of rotatable bonds is 8. The Morgan fingerprint density at radius 3 is 2.50 bits per heavy atom. The summed E-state index contributed by atoms with van der Waals surface area (Å²) in [6.45, 7) is 2.54. The van der Waals surface area contributed by atoms with Crippen LogP contribution in [0.1, 0.15) is 58.1 Å². The molecule has 0 saturated heterocycles. The SMILES string of the molecule is Cc1cccc(CCN(C(=O)c2cccs2)[C@@H](C(=O)NC2CCCC2)c2ccccc2)c1. The summed E-state index contributed by atoms with van der Waals surface area (Å²) in [4.78, 5) is 29.6. The number of hydrogen-bond acceptors (Lipinski definition) is 3. The first-order chi connectivity index (χ1) is 15.6. The Bertz CT molecular complexity index is 1030. The number of thiophene rings is 1. The molecule has 2 aromatic carbocycles. The van der Waals surface area contributed by atoms with E-state index in [-0.39, 0.29) is 17.9 Å². The first-order valence-electron chi connectivity index (χ1n) is 11.4. The number of aryl methyl sites for hydroxylation is 1. The zero-order chi connectivity index (χ0) is 22.3. The fourth-order valence-corrected chi connectivity index (χ4v) is 5.14. The number of carbonyl (C=O) groups is 2. The van der Waals surface area contributed by atoms with Crippen molar-refractivity contribution in [3.63, 3.8) is 0 Å². The van der Waals surface area contributed by atoms with E-state index in [2.05, 4.69) is 30.4 Å². The highest BCUT2D eigenvalue weighted by molar-refractivity contribution is 7.12. The van der Waals surface area contributed by atoms with E-state index in [4.69, 9.17) is 0 Å². The van der Waals surface area contributed by atoms with Crippen molar-refractivity contribution in [2.45, 2.75) is 51.1 Å². The maximum atomic E-state index is 13.6. The summed E-state index contributed by atoms with van der Waals surface area (Å²) in [5.74, 6) is -0.180. The van der Waals surface area contributed by atoms with Crippen molar-refractivity contribution in [2.24, 2.45) is 0 Å². The van der Waals surface area contributed by atoms with Crippen LogP contribution in [0.5, 0.6) is 0 Å². The summed E-state index contributed by atoms with van der Waals surface area (Å²) < 4.78 is 0. The van der Waals surface area contributed by atoms with E-state index in [0.717, 1.165) is 36.8 Å². The van der Waals surface area contributed by atoms with Gasteiger partial charge in [0.25, 0.3) is 5.91 Å². The number of nitrogens with zero attached hydrogens (tertiary/aromatic N) is 1. The molecule has 1 saturated carbocycles. The molecule has 1 N–H and O–H groups in total. The van der Waals surface area contributed by atoms with Crippen LogP contribution in [0, 0.1) is 6.92 Å². The first kappa shape index (κ1) is 22.3. The quantitative estimate of drug-likeness (QED) is 0.494. The Morgan fingerprint density at radius 2 is 1.81 bits per heavy atom. The van der Waals surface area contributed by atoms with E-state index < -0.39 is 6.04 Å². The lowest BCUT2D eigenvalue weighted by Crippen LogP contribution is -2.46. The summed E-state index contributed by atoms with van der Waals surface area (Å²) in [5.41, 5.74) is 3.20. The van der Waals surface area contributed by atoms with Gasteiger partial charge in [-0.15, -0.1) is 11.3 Å². The molecule has 1 aromatic heterocycles. The Balaban J connectivity index is 1.66. The van der Waals surface area contributed by atoms with E-state index in [1.165, 1.54) is 16.9 Å². The van der Waals surface area contributed by atoms with Crippen LogP contribution < -0.4 is 5.32 Å². The third-order valence-corrected chi connectivity index (χ3v) is 6.95. The molecule has 0 unspecified atom stereocenters. The molecule has 0 spiro atoms. The zero-order valence-electron chi connectivity index (χ0n) is 18.5. The summed E-state index contributed by atoms with van der Waals surface area (Å²) in [6.07, 6.45) is 5.00. The van der Waals surface area contributed by atoms with Crippen LogP contribution in [0.2, 0.25) is 0 Å². The van der Waals surface area contributed by atoms with Crippen LogP contribution in [0.4, 0.5) is 0 Å². The fourth-order valence-electron chi connectivity index (χ4n) is 4.47. The van der Waals surface area contributed by atoms with Crippen molar-refractivity contribution in [3.05, 3.63) is 93.7 Å². The fraction of sp³-hybridized carbons (Fsp3) is 0.333. The van der Waals surface area contributed by atoms with Crippen LogP contribution in [0.3, 0.4) is 0 Å². The van der Waals surface area contributed by atoms with Crippen LogP contribution in [0.25, 0.3) is 0 Å². The molecule has 0 bridgehead atoms. The summed E-state index contributed by atoms with van der Waals surface area (Å²) in [5, 5.41) is 5.14. The van der Waals surface area contributed by atoms with Gasteiger partial charge in [0.05, 0.1) is 4.88 Å². The van der Waals surface area contributed by atoms with Gasteiger partial charge in [0.2, 0.25) is 5.91 Å². The molecule has 4 rings (SSSR count). The maximum absolute atomic E-state index is 13.6. The smallest absolute Gasteiger partial charge is 0.264 e. The van der Waals surface area contributed by atoms with Crippen molar-refractivity contribution < 1.29 is 9.59 Å². The standard InChI is InChI=1S/C27H30N2O2S/c1-20-9-7-10-21(19-20)16-17-29(27(31)24-15-8-18-32-24)25(22-11-3-2-4-12-22)26(30)28-23-13-5-6-14-23/h2-4,7-12,15,18-19,23,25H,5-6,13-14,16-17H2,1H3,(H,28,30)/t25-/m1/s1. The Kier molecular flexibility index (Phi) is 7.38. The Labute approximate surface area is 194 Å². The van der Waals surface area contributed by atoms with Gasteiger partial charge >= 0.3 is 0 Å². The molecule has 0 aliphatic heterocycles. The van der Waals surface area contributed by atoms with Gasteiger partial charge in [-0.05, 0) is 48.8 Å². The minimum atomic E-state index is -0.656. The second-order valence-corrected chi connectivity index (χ2v) is 9.47. The Morgan fingerprint density at radius 1 is 1.03 bits per heavy atom. The molecule has 2 amide bonds. The second kappa shape index (κ2) is 10.6. The normalized spacial score (nSPS) is 14.8. The Hall–Kier alpha value is -2.92. The minimum Gasteiger partial charge on any atom is -0.351 e. The predicted molar refractivity (Wildman–Crippen MR) is 130 cm³/mol. The van der Waals surface area contributed by atoms with E-state index in [1.54, 1.807) is 4.90 Å². The minimum absolute atomic E-state index is 0.0859. The van der Waals surface area contributed by atoms with Gasteiger partial charge in [-0.25, -0.2) is 0 Å². The van der Waals surface area contributed by atoms with Gasteiger partial charge in [0.15, 0.2) is 0 Å². The molecular weight excluding hydrogens is 416 g/mol. The van der Waals surface area contributed by atoms with Crippen LogP contribution in [-0.2, 0) is 11.2 Å². The molecule has 1 aliphatic carbocycles. The van der Waals surface area contributed by atoms with Crippen LogP contribution in [0.15, 0.2) is 72.1 Å². The maximum Gasteiger partial charge on any atom is 0.264 e. The molecule has 4 nitrogen and oxygen atoms in total. The lowest BCUT2D eigenvalue weighted by molar-refractivity contribution is -0.126. The first-order valence-corrected chi connectivity index (χ1v) is 12.2. The molecule has 1 atom stereocenters. The van der Waals surface area contributed by atoms with Crippen LogP contribution >= 0.6 is 11.3 Å². The highest BCUT2D eigenvalue weighted by Gasteiger charge is 2.33. The van der Waals surface area contributed by atoms with Gasteiger partial charge in [-0.1, -0.05) is 79.1 Å². The molecule has 1 heterocycles. The molecule has 5 heteroatoms. The molecule has 1 fully saturated rings. The van der Waals surface area contributed by atoms with E-state index in [0.29, 0.717) is 17.8 Å². The summed E-state index contributed by atoms with van der Waals surface area (Å²) in [6, 6.07) is 21.3. The van der Waals surface area contributed by atoms with E-state index in [1.807, 2.05) is 53.9 Å². The zero-order valence-corrected chi connectivity index (χ0v) is 19.3. The number of amides is 2. The largest absolute Gasteiger partial charge is 0.351 e. The van der Waals surface area contributed by atoms with Gasteiger partial charge < -0.3 is 10.2 Å². The third kappa shape index (κ3) is 5.46. The number of hydrogen-bond donors (Lipinski definition) is 1. The molecular formula is C27H30N2O2S. The molecule has 0 radical (unpaired) electrons. The van der Waals surface area contributed by atoms with Crippen molar-refractivity contribution >= 4 is 23.2 Å². The number of carbonyl (C=O) groups excluding carboxylic acids is 2. The van der Waals surface area contributed by atoms with Crippen molar-refractivity contribution in [2.75, 3.05) is 6.54 Å². The average molecular weight is 447 g/mol. The lowest BCUT2D eigenvalue weighted by atomic mass is 10.0. The van der Waals surface area contributed by atoms with Gasteiger partial charge in [0.1, 0.15) is 6.04 Å². The summed E-state index contributed by atoms with van der Waals surface area (Å²) >= 11 is 1.42. The summed E-state index contributed by atoms with van der Waals surface area (Å²) in [7, 11) is 0. The highest BCUT2D eigenvalue weighted by Crippen LogP contribution is 2.27. The monoisotopic (exact) mass is 446 g/mol. The van der Waals surface area contributed by atoms with E-state index >= 15 is 0 Å². The van der Waals surface area contributed by atoms with Crippen molar-refractivity contribution in [1.82, 2.24) is 10.2 Å². The number of nitrogens with one attached hydrogen (secondary N) is 1. The third-order valence-electron chi connectivity index (χ3n) is 6.09. The van der Waals surface area contributed by atoms with Gasteiger partial charge in [-0.3, -0.25) is 9.59 Å². The average Bonchev–Trinajstić information content (AvgIpc) is 3.51. The molecule has 32 heavy (non-hydrogen) atoms. The van der Waals surface area contributed by atoms with Crippen molar-refractivity contribution in [1.29, 1.82) is 0 Å². The molecule has 1 aliphatic rings. The van der Waals surface area contributed by atoms with Gasteiger partial charge in [0, 0.05) is 12.6 Å².